The number of carbonyl (C=O) groups excluding carboxylic acids is 1. The van der Waals surface area contributed by atoms with Gasteiger partial charge in [-0.15, -0.1) is 11.8 Å². The fraction of sp³-hybridized carbons (Fsp3) is 0.533. The maximum Gasteiger partial charge on any atom is 0.416 e. The van der Waals surface area contributed by atoms with Crippen LogP contribution in [0.1, 0.15) is 31.7 Å². The molecule has 1 heterocycles. The van der Waals surface area contributed by atoms with Crippen molar-refractivity contribution in [2.45, 2.75) is 48.1 Å². The van der Waals surface area contributed by atoms with Gasteiger partial charge in [-0.3, -0.25) is 0 Å². The van der Waals surface area contributed by atoms with E-state index in [1.165, 1.54) is 23.9 Å². The van der Waals surface area contributed by atoms with Crippen molar-refractivity contribution >= 4 is 18.0 Å². The number of carbonyl (C=O) groups is 1. The number of thioether (sulfide) groups is 1. The van der Waals surface area contributed by atoms with Gasteiger partial charge in [0.2, 0.25) is 0 Å². The summed E-state index contributed by atoms with van der Waals surface area (Å²) in [4.78, 5) is 11.5. The van der Waals surface area contributed by atoms with E-state index in [-0.39, 0.29) is 4.75 Å². The SMILES string of the molecule is CCC1(Sc2cccc(C(F)(F)F)c2)CCOC(C=O)C1. The molecule has 1 saturated heterocycles. The minimum Gasteiger partial charge on any atom is -0.371 e. The van der Waals surface area contributed by atoms with Crippen LogP contribution in [0.5, 0.6) is 0 Å². The summed E-state index contributed by atoms with van der Waals surface area (Å²) < 4.78 is 43.4. The summed E-state index contributed by atoms with van der Waals surface area (Å²) in [6.45, 7) is 2.46. The molecule has 2 rings (SSSR count). The van der Waals surface area contributed by atoms with Crippen LogP contribution in [-0.4, -0.2) is 23.7 Å². The summed E-state index contributed by atoms with van der Waals surface area (Å²) in [5, 5.41) is 0. The summed E-state index contributed by atoms with van der Waals surface area (Å²) in [6.07, 6.45) is -1.98. The van der Waals surface area contributed by atoms with Crippen molar-refractivity contribution in [3.63, 3.8) is 0 Å². The van der Waals surface area contributed by atoms with Crippen LogP contribution in [0.4, 0.5) is 13.2 Å². The molecular weight excluding hydrogens is 301 g/mol. The van der Waals surface area contributed by atoms with Crippen molar-refractivity contribution in [3.8, 4) is 0 Å². The summed E-state index contributed by atoms with van der Waals surface area (Å²) in [5.41, 5.74) is -0.641. The van der Waals surface area contributed by atoms with E-state index in [0.717, 1.165) is 25.2 Å². The average molecular weight is 318 g/mol. The molecule has 0 spiro atoms. The Hall–Kier alpha value is -1.01. The third-order valence-corrected chi connectivity index (χ3v) is 5.34. The van der Waals surface area contributed by atoms with Gasteiger partial charge < -0.3 is 9.53 Å². The van der Waals surface area contributed by atoms with E-state index in [9.17, 15) is 18.0 Å². The first kappa shape index (κ1) is 16.4. The monoisotopic (exact) mass is 318 g/mol. The Morgan fingerprint density at radius 1 is 1.48 bits per heavy atom. The lowest BCUT2D eigenvalue weighted by Gasteiger charge is -2.38. The molecule has 1 fully saturated rings. The van der Waals surface area contributed by atoms with Crippen LogP contribution < -0.4 is 0 Å². The Morgan fingerprint density at radius 2 is 2.24 bits per heavy atom. The molecule has 0 aliphatic carbocycles. The van der Waals surface area contributed by atoms with E-state index < -0.39 is 17.8 Å². The summed E-state index contributed by atoms with van der Waals surface area (Å²) in [7, 11) is 0. The van der Waals surface area contributed by atoms with E-state index in [2.05, 4.69) is 0 Å². The van der Waals surface area contributed by atoms with Gasteiger partial charge in [0.15, 0.2) is 0 Å². The zero-order chi connectivity index (χ0) is 15.5. The summed E-state index contributed by atoms with van der Waals surface area (Å²) in [6, 6.07) is 5.35. The van der Waals surface area contributed by atoms with E-state index in [1.807, 2.05) is 6.92 Å². The van der Waals surface area contributed by atoms with Gasteiger partial charge in [-0.2, -0.15) is 13.2 Å². The van der Waals surface area contributed by atoms with Gasteiger partial charge in [0.1, 0.15) is 12.4 Å². The first-order valence-corrected chi connectivity index (χ1v) is 7.63. The second-order valence-corrected chi connectivity index (χ2v) is 6.71. The topological polar surface area (TPSA) is 26.3 Å². The quantitative estimate of drug-likeness (QED) is 0.773. The van der Waals surface area contributed by atoms with Crippen molar-refractivity contribution < 1.29 is 22.7 Å². The van der Waals surface area contributed by atoms with Crippen LogP contribution in [0.2, 0.25) is 0 Å². The maximum absolute atomic E-state index is 12.8. The molecule has 6 heteroatoms. The molecule has 0 radical (unpaired) electrons. The molecule has 1 aromatic carbocycles. The Bertz CT molecular complexity index is 504. The van der Waals surface area contributed by atoms with Crippen molar-refractivity contribution in [3.05, 3.63) is 29.8 Å². The van der Waals surface area contributed by atoms with Gasteiger partial charge in [0, 0.05) is 16.2 Å². The van der Waals surface area contributed by atoms with Crippen LogP contribution in [-0.2, 0) is 15.7 Å². The molecule has 2 atom stereocenters. The lowest BCUT2D eigenvalue weighted by Crippen LogP contribution is -2.38. The minimum absolute atomic E-state index is 0.242. The number of benzene rings is 1. The van der Waals surface area contributed by atoms with Gasteiger partial charge in [0.25, 0.3) is 0 Å². The molecule has 0 aromatic heterocycles. The van der Waals surface area contributed by atoms with Gasteiger partial charge in [-0.25, -0.2) is 0 Å². The molecule has 2 unspecified atom stereocenters. The number of ether oxygens (including phenoxy) is 1. The molecule has 1 aliphatic heterocycles. The maximum atomic E-state index is 12.8. The molecule has 0 N–H and O–H groups in total. The van der Waals surface area contributed by atoms with Crippen LogP contribution in [0.15, 0.2) is 29.2 Å². The normalized spacial score (nSPS) is 26.6. The Balaban J connectivity index is 2.20. The average Bonchev–Trinajstić information content (AvgIpc) is 2.47. The highest BCUT2D eigenvalue weighted by Gasteiger charge is 2.37. The van der Waals surface area contributed by atoms with Gasteiger partial charge in [-0.1, -0.05) is 13.0 Å². The molecule has 0 bridgehead atoms. The second kappa shape index (κ2) is 6.40. The van der Waals surface area contributed by atoms with E-state index >= 15 is 0 Å². The lowest BCUT2D eigenvalue weighted by atomic mass is 9.92. The lowest BCUT2D eigenvalue weighted by molar-refractivity contribution is -0.137. The van der Waals surface area contributed by atoms with Crippen molar-refractivity contribution in [1.82, 2.24) is 0 Å². The third-order valence-electron chi connectivity index (χ3n) is 3.75. The number of alkyl halides is 3. The fourth-order valence-electron chi connectivity index (χ4n) is 2.48. The molecular formula is C15H17F3O2S. The number of hydrogen-bond acceptors (Lipinski definition) is 3. The number of hydrogen-bond donors (Lipinski definition) is 0. The van der Waals surface area contributed by atoms with Crippen LogP contribution in [0.3, 0.4) is 0 Å². The van der Waals surface area contributed by atoms with Gasteiger partial charge in [-0.05, 0) is 37.5 Å². The van der Waals surface area contributed by atoms with Gasteiger partial charge >= 0.3 is 6.18 Å². The van der Waals surface area contributed by atoms with E-state index in [1.54, 1.807) is 6.07 Å². The summed E-state index contributed by atoms with van der Waals surface area (Å²) >= 11 is 1.42. The standard InChI is InChI=1S/C15H17F3O2S/c1-2-14(6-7-20-12(9-14)10-19)21-13-5-3-4-11(8-13)15(16,17)18/h3-5,8,10,12H,2,6-7,9H2,1H3. The van der Waals surface area contributed by atoms with Crippen molar-refractivity contribution in [1.29, 1.82) is 0 Å². The highest BCUT2D eigenvalue weighted by Crippen LogP contribution is 2.45. The molecule has 2 nitrogen and oxygen atoms in total. The van der Waals surface area contributed by atoms with Crippen LogP contribution in [0, 0.1) is 0 Å². The minimum atomic E-state index is -4.34. The molecule has 116 valence electrons. The van der Waals surface area contributed by atoms with Crippen LogP contribution in [0.25, 0.3) is 0 Å². The Morgan fingerprint density at radius 3 is 2.86 bits per heavy atom. The number of rotatable bonds is 4. The molecule has 21 heavy (non-hydrogen) atoms. The molecule has 0 saturated carbocycles. The molecule has 0 amide bonds. The van der Waals surface area contributed by atoms with Crippen molar-refractivity contribution in [2.24, 2.45) is 0 Å². The highest BCUT2D eigenvalue weighted by molar-refractivity contribution is 8.00. The summed E-state index contributed by atoms with van der Waals surface area (Å²) in [5.74, 6) is 0. The van der Waals surface area contributed by atoms with Crippen LogP contribution >= 0.6 is 11.8 Å². The number of halogens is 3. The Kier molecular flexibility index (Phi) is 4.99. The molecule has 1 aliphatic rings. The number of aldehydes is 1. The van der Waals surface area contributed by atoms with Crippen molar-refractivity contribution in [2.75, 3.05) is 6.61 Å². The Labute approximate surface area is 126 Å². The fourth-order valence-corrected chi connectivity index (χ4v) is 3.89. The predicted octanol–water partition coefficient (Wildman–Crippen LogP) is 4.32. The highest BCUT2D eigenvalue weighted by atomic mass is 32.2. The zero-order valence-electron chi connectivity index (χ0n) is 11.7. The zero-order valence-corrected chi connectivity index (χ0v) is 12.5. The van der Waals surface area contributed by atoms with E-state index in [4.69, 9.17) is 4.74 Å². The first-order chi connectivity index (χ1) is 9.88. The molecule has 1 aromatic rings. The largest absolute Gasteiger partial charge is 0.416 e. The third kappa shape index (κ3) is 4.01. The smallest absolute Gasteiger partial charge is 0.371 e. The predicted molar refractivity (Wildman–Crippen MR) is 75.4 cm³/mol. The first-order valence-electron chi connectivity index (χ1n) is 6.82. The van der Waals surface area contributed by atoms with E-state index in [0.29, 0.717) is 17.9 Å². The van der Waals surface area contributed by atoms with Gasteiger partial charge in [0.05, 0.1) is 5.56 Å². The second-order valence-electron chi connectivity index (χ2n) is 5.16.